The van der Waals surface area contributed by atoms with Crippen molar-refractivity contribution in [2.75, 3.05) is 23.3 Å². The molecule has 1 saturated heterocycles. The lowest BCUT2D eigenvalue weighted by Crippen LogP contribution is -2.27. The number of aromatic nitrogens is 3. The van der Waals surface area contributed by atoms with E-state index in [0.717, 1.165) is 22.9 Å². The van der Waals surface area contributed by atoms with Crippen LogP contribution in [0, 0.1) is 6.92 Å². The highest BCUT2D eigenvalue weighted by molar-refractivity contribution is 7.14. The summed E-state index contributed by atoms with van der Waals surface area (Å²) < 4.78 is 40.6. The molecule has 13 heteroatoms. The molecule has 32 heavy (non-hydrogen) atoms. The molecule has 0 spiro atoms. The Bertz CT molecular complexity index is 1190. The van der Waals surface area contributed by atoms with Crippen LogP contribution in [0.1, 0.15) is 17.0 Å². The normalized spacial score (nSPS) is 14.0. The lowest BCUT2D eigenvalue weighted by Gasteiger charge is -2.13. The first-order valence-electron chi connectivity index (χ1n) is 9.35. The lowest BCUT2D eigenvalue weighted by atomic mass is 10.2. The SMILES string of the molecule is Cc1cc(NC(=O)Cc2csc(N3CCNC3=O)n2)n(-c2cc(C(F)(F)F)ccc2Cl)n1. The molecule has 1 aliphatic rings. The largest absolute Gasteiger partial charge is 0.416 e. The highest BCUT2D eigenvalue weighted by Gasteiger charge is 2.31. The van der Waals surface area contributed by atoms with Gasteiger partial charge >= 0.3 is 12.2 Å². The minimum absolute atomic E-state index is 0.0131. The number of alkyl halides is 3. The molecule has 1 fully saturated rings. The van der Waals surface area contributed by atoms with E-state index in [4.69, 9.17) is 11.6 Å². The first kappa shape index (κ1) is 22.1. The number of rotatable bonds is 5. The fourth-order valence-corrected chi connectivity index (χ4v) is 4.18. The number of carbonyl (C=O) groups excluding carboxylic acids is 2. The van der Waals surface area contributed by atoms with Gasteiger partial charge in [0.05, 0.1) is 34.1 Å². The zero-order chi connectivity index (χ0) is 23.0. The molecular weight excluding hydrogens is 469 g/mol. The first-order valence-corrected chi connectivity index (χ1v) is 10.6. The predicted octanol–water partition coefficient (Wildman–Crippen LogP) is 4.02. The average Bonchev–Trinajstić information content (AvgIpc) is 3.41. The van der Waals surface area contributed by atoms with E-state index in [1.807, 2.05) is 0 Å². The number of thiazole rings is 1. The Morgan fingerprint density at radius 2 is 2.12 bits per heavy atom. The summed E-state index contributed by atoms with van der Waals surface area (Å²) in [5.41, 5.74) is 0.0380. The van der Waals surface area contributed by atoms with Crippen LogP contribution in [-0.2, 0) is 17.4 Å². The number of amides is 3. The molecule has 0 aliphatic carbocycles. The summed E-state index contributed by atoms with van der Waals surface area (Å²) in [7, 11) is 0. The summed E-state index contributed by atoms with van der Waals surface area (Å²) in [6.07, 6.45) is -4.65. The second kappa shape index (κ2) is 8.43. The zero-order valence-electron chi connectivity index (χ0n) is 16.5. The highest BCUT2D eigenvalue weighted by Crippen LogP contribution is 2.34. The van der Waals surface area contributed by atoms with Crippen LogP contribution >= 0.6 is 22.9 Å². The average molecular weight is 485 g/mol. The maximum absolute atomic E-state index is 13.1. The fourth-order valence-electron chi connectivity index (χ4n) is 3.13. The molecule has 0 radical (unpaired) electrons. The Morgan fingerprint density at radius 3 is 2.81 bits per heavy atom. The summed E-state index contributed by atoms with van der Waals surface area (Å²) in [5.74, 6) is -0.278. The molecule has 2 aromatic heterocycles. The Balaban J connectivity index is 1.54. The van der Waals surface area contributed by atoms with E-state index in [9.17, 15) is 22.8 Å². The van der Waals surface area contributed by atoms with Crippen LogP contribution < -0.4 is 15.5 Å². The first-order chi connectivity index (χ1) is 15.1. The smallest absolute Gasteiger partial charge is 0.336 e. The molecule has 1 aliphatic heterocycles. The monoisotopic (exact) mass is 484 g/mol. The maximum atomic E-state index is 13.1. The third-order valence-electron chi connectivity index (χ3n) is 4.57. The summed E-state index contributed by atoms with van der Waals surface area (Å²) in [5, 5.41) is 11.7. The van der Waals surface area contributed by atoms with E-state index in [0.29, 0.717) is 29.6 Å². The van der Waals surface area contributed by atoms with Crippen molar-refractivity contribution in [2.45, 2.75) is 19.5 Å². The minimum Gasteiger partial charge on any atom is -0.336 e. The summed E-state index contributed by atoms with van der Waals surface area (Å²) in [4.78, 5) is 30.1. The molecule has 2 N–H and O–H groups in total. The molecule has 4 rings (SSSR count). The van der Waals surface area contributed by atoms with Crippen LogP contribution in [0.25, 0.3) is 5.69 Å². The summed E-state index contributed by atoms with van der Waals surface area (Å²) in [6, 6.07) is 4.16. The van der Waals surface area contributed by atoms with Gasteiger partial charge in [0.15, 0.2) is 5.13 Å². The van der Waals surface area contributed by atoms with Gasteiger partial charge in [-0.2, -0.15) is 18.3 Å². The number of urea groups is 1. The van der Waals surface area contributed by atoms with Crippen LogP contribution in [0.3, 0.4) is 0 Å². The fraction of sp³-hybridized carbons (Fsp3) is 0.263. The minimum atomic E-state index is -4.56. The van der Waals surface area contributed by atoms with Crippen molar-refractivity contribution in [3.05, 3.63) is 51.6 Å². The molecule has 8 nitrogen and oxygen atoms in total. The van der Waals surface area contributed by atoms with Crippen LogP contribution in [0.2, 0.25) is 5.02 Å². The van der Waals surface area contributed by atoms with Crippen molar-refractivity contribution in [1.29, 1.82) is 0 Å². The Kier molecular flexibility index (Phi) is 5.82. The quantitative estimate of drug-likeness (QED) is 0.572. The van der Waals surface area contributed by atoms with Crippen molar-refractivity contribution >= 4 is 45.8 Å². The molecule has 0 bridgehead atoms. The number of carbonyl (C=O) groups is 2. The van der Waals surface area contributed by atoms with Gasteiger partial charge < -0.3 is 10.6 Å². The molecule has 168 valence electrons. The highest BCUT2D eigenvalue weighted by atomic mass is 35.5. The Morgan fingerprint density at radius 1 is 1.34 bits per heavy atom. The molecule has 0 unspecified atom stereocenters. The molecule has 0 atom stereocenters. The number of anilines is 2. The van der Waals surface area contributed by atoms with E-state index in [2.05, 4.69) is 20.7 Å². The van der Waals surface area contributed by atoms with Gasteiger partial charge in [0.2, 0.25) is 5.91 Å². The molecule has 1 aromatic carbocycles. The zero-order valence-corrected chi connectivity index (χ0v) is 18.1. The predicted molar refractivity (Wildman–Crippen MR) is 114 cm³/mol. The third-order valence-corrected chi connectivity index (χ3v) is 5.80. The number of nitrogens with zero attached hydrogens (tertiary/aromatic N) is 4. The van der Waals surface area contributed by atoms with Crippen molar-refractivity contribution < 1.29 is 22.8 Å². The van der Waals surface area contributed by atoms with Gasteiger partial charge in [-0.1, -0.05) is 11.6 Å². The van der Waals surface area contributed by atoms with Crippen LogP contribution in [0.5, 0.6) is 0 Å². The maximum Gasteiger partial charge on any atom is 0.416 e. The number of hydrogen-bond donors (Lipinski definition) is 2. The molecule has 0 saturated carbocycles. The van der Waals surface area contributed by atoms with E-state index in [-0.39, 0.29) is 29.0 Å². The second-order valence-corrected chi connectivity index (χ2v) is 8.22. The third kappa shape index (κ3) is 4.55. The second-order valence-electron chi connectivity index (χ2n) is 6.98. The van der Waals surface area contributed by atoms with Crippen molar-refractivity contribution in [3.8, 4) is 5.69 Å². The Hall–Kier alpha value is -3.12. The number of benzene rings is 1. The van der Waals surface area contributed by atoms with Gasteiger partial charge in [-0.25, -0.2) is 14.5 Å². The topological polar surface area (TPSA) is 92.2 Å². The van der Waals surface area contributed by atoms with Gasteiger partial charge in [-0.15, -0.1) is 11.3 Å². The molecule has 3 amide bonds. The van der Waals surface area contributed by atoms with Crippen molar-refractivity contribution in [1.82, 2.24) is 20.1 Å². The van der Waals surface area contributed by atoms with Gasteiger partial charge in [0, 0.05) is 24.5 Å². The van der Waals surface area contributed by atoms with Gasteiger partial charge in [-0.3, -0.25) is 9.69 Å². The molecule has 3 heterocycles. The van der Waals surface area contributed by atoms with Gasteiger partial charge in [0.25, 0.3) is 0 Å². The summed E-state index contributed by atoms with van der Waals surface area (Å²) >= 11 is 7.36. The van der Waals surface area contributed by atoms with E-state index in [1.165, 1.54) is 22.3 Å². The number of nitrogens with one attached hydrogen (secondary N) is 2. The van der Waals surface area contributed by atoms with Gasteiger partial charge in [-0.05, 0) is 25.1 Å². The number of hydrogen-bond acceptors (Lipinski definition) is 5. The van der Waals surface area contributed by atoms with E-state index < -0.39 is 17.6 Å². The van der Waals surface area contributed by atoms with Crippen LogP contribution in [0.4, 0.5) is 28.9 Å². The summed E-state index contributed by atoms with van der Waals surface area (Å²) in [6.45, 7) is 2.66. The number of aryl methyl sites for hydroxylation is 1. The van der Waals surface area contributed by atoms with Crippen molar-refractivity contribution in [2.24, 2.45) is 0 Å². The lowest BCUT2D eigenvalue weighted by molar-refractivity contribution is -0.137. The molecule has 3 aromatic rings. The van der Waals surface area contributed by atoms with Crippen LogP contribution in [-0.4, -0.2) is 39.8 Å². The van der Waals surface area contributed by atoms with Gasteiger partial charge in [0.1, 0.15) is 5.82 Å². The molecular formula is C19H16ClF3N6O2S. The van der Waals surface area contributed by atoms with Crippen LogP contribution in [0.15, 0.2) is 29.6 Å². The van der Waals surface area contributed by atoms with E-state index in [1.54, 1.807) is 12.3 Å². The number of halogens is 4. The van der Waals surface area contributed by atoms with E-state index >= 15 is 0 Å². The standard InChI is InChI=1S/C19H16ClF3N6O2S/c1-10-6-15(29(27-10)14-7-11(19(21,22)23)2-3-13(14)20)26-16(30)8-12-9-32-18(25-12)28-5-4-24-17(28)31/h2-3,6-7,9H,4-5,8H2,1H3,(H,24,31)(H,26,30). The van der Waals surface area contributed by atoms with Crippen molar-refractivity contribution in [3.63, 3.8) is 0 Å². The Labute approximate surface area is 189 Å².